The SMILES string of the molecule is CS(=O)CCNc1cc(NN)ncn1. The Hall–Kier alpha value is -1.21. The zero-order valence-corrected chi connectivity index (χ0v) is 8.67. The van der Waals surface area contributed by atoms with E-state index in [1.54, 1.807) is 12.3 Å². The van der Waals surface area contributed by atoms with Crippen molar-refractivity contribution in [3.05, 3.63) is 12.4 Å². The molecule has 0 amide bonds. The van der Waals surface area contributed by atoms with Gasteiger partial charge in [0.25, 0.3) is 0 Å². The van der Waals surface area contributed by atoms with Gasteiger partial charge in [-0.2, -0.15) is 0 Å². The van der Waals surface area contributed by atoms with E-state index in [-0.39, 0.29) is 0 Å². The number of rotatable bonds is 5. The molecular weight excluding hydrogens is 202 g/mol. The fourth-order valence-corrected chi connectivity index (χ4v) is 1.25. The molecule has 1 rings (SSSR count). The van der Waals surface area contributed by atoms with Crippen LogP contribution in [-0.2, 0) is 10.8 Å². The smallest absolute Gasteiger partial charge is 0.145 e. The first-order valence-electron chi connectivity index (χ1n) is 4.05. The molecule has 7 heteroatoms. The van der Waals surface area contributed by atoms with Gasteiger partial charge in [0, 0.05) is 35.4 Å². The van der Waals surface area contributed by atoms with Crippen molar-refractivity contribution in [3.8, 4) is 0 Å². The molecule has 0 aliphatic carbocycles. The summed E-state index contributed by atoms with van der Waals surface area (Å²) >= 11 is 0. The second-order valence-electron chi connectivity index (χ2n) is 2.64. The number of nitrogens with zero attached hydrogens (tertiary/aromatic N) is 2. The zero-order chi connectivity index (χ0) is 10.4. The minimum atomic E-state index is -0.793. The summed E-state index contributed by atoms with van der Waals surface area (Å²) in [5.41, 5.74) is 2.42. The maximum Gasteiger partial charge on any atom is 0.145 e. The first-order chi connectivity index (χ1) is 6.72. The fraction of sp³-hybridized carbons (Fsp3) is 0.429. The molecule has 1 atom stereocenters. The van der Waals surface area contributed by atoms with Gasteiger partial charge in [0.05, 0.1) is 0 Å². The highest BCUT2D eigenvalue weighted by atomic mass is 32.2. The van der Waals surface area contributed by atoms with E-state index in [2.05, 4.69) is 20.7 Å². The van der Waals surface area contributed by atoms with E-state index in [0.29, 0.717) is 23.9 Å². The number of nitrogens with two attached hydrogens (primary N) is 1. The lowest BCUT2D eigenvalue weighted by Gasteiger charge is -2.04. The second kappa shape index (κ2) is 5.51. The van der Waals surface area contributed by atoms with Crippen LogP contribution in [0.25, 0.3) is 0 Å². The molecule has 0 bridgehead atoms. The Bertz CT molecular complexity index is 319. The van der Waals surface area contributed by atoms with Crippen LogP contribution in [0.3, 0.4) is 0 Å². The summed E-state index contributed by atoms with van der Waals surface area (Å²) in [4.78, 5) is 7.82. The summed E-state index contributed by atoms with van der Waals surface area (Å²) in [6.45, 7) is 0.615. The highest BCUT2D eigenvalue weighted by Crippen LogP contribution is 2.06. The first kappa shape index (κ1) is 10.9. The molecular formula is C7H13N5OS. The Kier molecular flexibility index (Phi) is 4.27. The topological polar surface area (TPSA) is 92.9 Å². The number of hydrazine groups is 1. The molecule has 0 aliphatic rings. The molecule has 1 aromatic heterocycles. The van der Waals surface area contributed by atoms with Gasteiger partial charge in [0.1, 0.15) is 18.0 Å². The second-order valence-corrected chi connectivity index (χ2v) is 4.19. The van der Waals surface area contributed by atoms with Gasteiger partial charge < -0.3 is 10.7 Å². The maximum absolute atomic E-state index is 10.8. The van der Waals surface area contributed by atoms with E-state index < -0.39 is 10.8 Å². The van der Waals surface area contributed by atoms with Gasteiger partial charge in [-0.25, -0.2) is 15.8 Å². The van der Waals surface area contributed by atoms with Crippen molar-refractivity contribution in [3.63, 3.8) is 0 Å². The van der Waals surface area contributed by atoms with E-state index >= 15 is 0 Å². The van der Waals surface area contributed by atoms with Gasteiger partial charge >= 0.3 is 0 Å². The summed E-state index contributed by atoms with van der Waals surface area (Å²) in [5, 5.41) is 3.01. The molecule has 0 aliphatic heterocycles. The van der Waals surface area contributed by atoms with Crippen LogP contribution in [0, 0.1) is 0 Å². The molecule has 6 nitrogen and oxygen atoms in total. The summed E-state index contributed by atoms with van der Waals surface area (Å²) in [5.74, 6) is 6.98. The van der Waals surface area contributed by atoms with Crippen molar-refractivity contribution >= 4 is 22.4 Å². The van der Waals surface area contributed by atoms with Crippen LogP contribution in [0.5, 0.6) is 0 Å². The third-order valence-corrected chi connectivity index (χ3v) is 2.29. The van der Waals surface area contributed by atoms with E-state index in [1.807, 2.05) is 0 Å². The van der Waals surface area contributed by atoms with Crippen LogP contribution in [-0.4, -0.2) is 32.7 Å². The van der Waals surface area contributed by atoms with Crippen LogP contribution >= 0.6 is 0 Å². The third kappa shape index (κ3) is 3.67. The Morgan fingerprint density at radius 3 is 2.86 bits per heavy atom. The standard InChI is InChI=1S/C7H13N5OS/c1-14(13)3-2-9-6-4-7(12-8)11-5-10-6/h4-5H,2-3,8H2,1H3,(H2,9,10,11,12). The monoisotopic (exact) mass is 215 g/mol. The lowest BCUT2D eigenvalue weighted by Crippen LogP contribution is -2.13. The van der Waals surface area contributed by atoms with Crippen LogP contribution < -0.4 is 16.6 Å². The van der Waals surface area contributed by atoms with Crippen molar-refractivity contribution in [2.45, 2.75) is 0 Å². The Balaban J connectivity index is 2.46. The van der Waals surface area contributed by atoms with Crippen molar-refractivity contribution in [1.29, 1.82) is 0 Å². The van der Waals surface area contributed by atoms with E-state index in [0.717, 1.165) is 0 Å². The predicted octanol–water partition coefficient (Wildman–Crippen LogP) is -0.447. The lowest BCUT2D eigenvalue weighted by atomic mass is 10.5. The van der Waals surface area contributed by atoms with Crippen LogP contribution in [0.2, 0.25) is 0 Å². The summed E-state index contributed by atoms with van der Waals surface area (Å²) < 4.78 is 10.8. The predicted molar refractivity (Wildman–Crippen MR) is 57.3 cm³/mol. The Labute approximate surface area is 84.7 Å². The first-order valence-corrected chi connectivity index (χ1v) is 5.77. The minimum Gasteiger partial charge on any atom is -0.369 e. The van der Waals surface area contributed by atoms with Crippen LogP contribution in [0.1, 0.15) is 0 Å². The lowest BCUT2D eigenvalue weighted by molar-refractivity contribution is 0.687. The van der Waals surface area contributed by atoms with Crippen molar-refractivity contribution < 1.29 is 4.21 Å². The molecule has 0 aromatic carbocycles. The molecule has 1 unspecified atom stereocenters. The molecule has 14 heavy (non-hydrogen) atoms. The highest BCUT2D eigenvalue weighted by molar-refractivity contribution is 7.84. The third-order valence-electron chi connectivity index (χ3n) is 1.51. The quantitative estimate of drug-likeness (QED) is 0.455. The Morgan fingerprint density at radius 2 is 2.21 bits per heavy atom. The van der Waals surface area contributed by atoms with E-state index in [9.17, 15) is 4.21 Å². The van der Waals surface area contributed by atoms with Gasteiger partial charge in [0.2, 0.25) is 0 Å². The fourth-order valence-electron chi connectivity index (χ4n) is 0.856. The molecule has 0 spiro atoms. The zero-order valence-electron chi connectivity index (χ0n) is 7.86. The molecule has 0 saturated heterocycles. The van der Waals surface area contributed by atoms with E-state index in [4.69, 9.17) is 5.84 Å². The van der Waals surface area contributed by atoms with Gasteiger partial charge in [-0.15, -0.1) is 0 Å². The van der Waals surface area contributed by atoms with Gasteiger partial charge in [-0.05, 0) is 0 Å². The van der Waals surface area contributed by atoms with Crippen molar-refractivity contribution in [2.24, 2.45) is 5.84 Å². The maximum atomic E-state index is 10.8. The largest absolute Gasteiger partial charge is 0.369 e. The number of hydrogen-bond donors (Lipinski definition) is 3. The summed E-state index contributed by atoms with van der Waals surface area (Å²) in [7, 11) is -0.793. The molecule has 4 N–H and O–H groups in total. The molecule has 1 aromatic rings. The average molecular weight is 215 g/mol. The Morgan fingerprint density at radius 1 is 1.50 bits per heavy atom. The van der Waals surface area contributed by atoms with Crippen molar-refractivity contribution in [1.82, 2.24) is 9.97 Å². The van der Waals surface area contributed by atoms with Gasteiger partial charge in [-0.1, -0.05) is 0 Å². The van der Waals surface area contributed by atoms with Crippen molar-refractivity contribution in [2.75, 3.05) is 29.3 Å². The average Bonchev–Trinajstić information content (AvgIpc) is 2.18. The number of aromatic nitrogens is 2. The highest BCUT2D eigenvalue weighted by Gasteiger charge is 1.96. The minimum absolute atomic E-state index is 0.542. The summed E-state index contributed by atoms with van der Waals surface area (Å²) in [6.07, 6.45) is 3.06. The molecule has 0 fully saturated rings. The number of anilines is 2. The summed E-state index contributed by atoms with van der Waals surface area (Å²) in [6, 6.07) is 1.68. The number of nitrogen functional groups attached to an aromatic ring is 1. The number of hydrogen-bond acceptors (Lipinski definition) is 6. The van der Waals surface area contributed by atoms with Crippen LogP contribution in [0.15, 0.2) is 12.4 Å². The normalized spacial score (nSPS) is 12.1. The van der Waals surface area contributed by atoms with Crippen LogP contribution in [0.4, 0.5) is 11.6 Å². The molecule has 0 radical (unpaired) electrons. The number of nitrogens with one attached hydrogen (secondary N) is 2. The molecule has 78 valence electrons. The molecule has 1 heterocycles. The van der Waals surface area contributed by atoms with E-state index in [1.165, 1.54) is 6.33 Å². The van der Waals surface area contributed by atoms with Gasteiger partial charge in [0.15, 0.2) is 0 Å². The molecule has 0 saturated carbocycles. The van der Waals surface area contributed by atoms with Gasteiger partial charge in [-0.3, -0.25) is 4.21 Å².